The monoisotopic (exact) mass is 407 g/mol. The summed E-state index contributed by atoms with van der Waals surface area (Å²) in [7, 11) is 0. The van der Waals surface area contributed by atoms with E-state index in [1.807, 2.05) is 39.0 Å². The van der Waals surface area contributed by atoms with Crippen LogP contribution in [0.1, 0.15) is 44.1 Å². The summed E-state index contributed by atoms with van der Waals surface area (Å²) in [6.07, 6.45) is 1.66. The molecule has 0 saturated heterocycles. The summed E-state index contributed by atoms with van der Waals surface area (Å²) in [5.41, 5.74) is 4.10. The van der Waals surface area contributed by atoms with Crippen molar-refractivity contribution in [3.63, 3.8) is 0 Å². The molecular formula is C25H33N3O2. The van der Waals surface area contributed by atoms with E-state index in [4.69, 9.17) is 9.72 Å². The number of aromatic nitrogens is 2. The van der Waals surface area contributed by atoms with Gasteiger partial charge in [0.25, 0.3) is 0 Å². The molecule has 5 nitrogen and oxygen atoms in total. The van der Waals surface area contributed by atoms with Crippen molar-refractivity contribution in [3.05, 3.63) is 59.4 Å². The van der Waals surface area contributed by atoms with Gasteiger partial charge in [-0.1, -0.05) is 45.0 Å². The lowest BCUT2D eigenvalue weighted by molar-refractivity contribution is -0.128. The van der Waals surface area contributed by atoms with Crippen molar-refractivity contribution in [2.24, 2.45) is 5.41 Å². The molecule has 160 valence electrons. The minimum absolute atomic E-state index is 0.0814. The van der Waals surface area contributed by atoms with Crippen LogP contribution in [0.25, 0.3) is 11.0 Å². The molecule has 0 aliphatic rings. The zero-order valence-corrected chi connectivity index (χ0v) is 18.8. The van der Waals surface area contributed by atoms with E-state index in [-0.39, 0.29) is 11.3 Å². The Morgan fingerprint density at radius 3 is 2.67 bits per heavy atom. The first kappa shape index (κ1) is 21.9. The third-order valence-corrected chi connectivity index (χ3v) is 5.19. The first-order valence-corrected chi connectivity index (χ1v) is 10.7. The number of ether oxygens (including phenoxy) is 1. The average Bonchev–Trinajstić information content (AvgIpc) is 3.04. The van der Waals surface area contributed by atoms with E-state index in [0.717, 1.165) is 47.6 Å². The zero-order valence-electron chi connectivity index (χ0n) is 18.8. The van der Waals surface area contributed by atoms with Gasteiger partial charge in [0.05, 0.1) is 17.6 Å². The number of imidazole rings is 1. The van der Waals surface area contributed by atoms with Gasteiger partial charge in [0.15, 0.2) is 0 Å². The standard InChI is InChI=1S/C25H33N3O2/c1-18-12-13-19(2)22(17-18)30-16-15-28-21-10-7-6-9-20(21)27-23(28)11-8-14-26-24(29)25(3,4)5/h6-7,9-10,12-13,17H,8,11,14-16H2,1-5H3,(H,26,29). The Morgan fingerprint density at radius 2 is 1.90 bits per heavy atom. The van der Waals surface area contributed by atoms with Crippen molar-refractivity contribution < 1.29 is 9.53 Å². The lowest BCUT2D eigenvalue weighted by Gasteiger charge is -2.17. The predicted octanol–water partition coefficient (Wildman–Crippen LogP) is 4.83. The molecule has 1 N–H and O–H groups in total. The molecular weight excluding hydrogens is 374 g/mol. The van der Waals surface area contributed by atoms with Gasteiger partial charge in [-0.05, 0) is 49.6 Å². The molecule has 3 rings (SSSR count). The molecule has 0 fully saturated rings. The van der Waals surface area contributed by atoms with E-state index < -0.39 is 0 Å². The smallest absolute Gasteiger partial charge is 0.225 e. The number of hydrogen-bond acceptors (Lipinski definition) is 3. The molecule has 3 aromatic rings. The van der Waals surface area contributed by atoms with Crippen LogP contribution < -0.4 is 10.1 Å². The third-order valence-electron chi connectivity index (χ3n) is 5.19. The molecule has 1 aromatic heterocycles. The van der Waals surface area contributed by atoms with E-state index in [1.165, 1.54) is 5.56 Å². The van der Waals surface area contributed by atoms with Gasteiger partial charge in [0.2, 0.25) is 5.91 Å². The van der Waals surface area contributed by atoms with Gasteiger partial charge < -0.3 is 14.6 Å². The molecule has 2 aromatic carbocycles. The zero-order chi connectivity index (χ0) is 21.7. The summed E-state index contributed by atoms with van der Waals surface area (Å²) < 4.78 is 8.33. The predicted molar refractivity (Wildman–Crippen MR) is 122 cm³/mol. The Kier molecular flexibility index (Phi) is 6.80. The summed E-state index contributed by atoms with van der Waals surface area (Å²) in [5, 5.41) is 3.02. The van der Waals surface area contributed by atoms with Gasteiger partial charge in [-0.25, -0.2) is 4.98 Å². The molecule has 0 aliphatic carbocycles. The molecule has 0 bridgehead atoms. The van der Waals surface area contributed by atoms with Crippen LogP contribution in [0.5, 0.6) is 5.75 Å². The Labute approximate surface area is 179 Å². The van der Waals surface area contributed by atoms with E-state index in [2.05, 4.69) is 48.0 Å². The Hall–Kier alpha value is -2.82. The van der Waals surface area contributed by atoms with Gasteiger partial charge in [-0.2, -0.15) is 0 Å². The van der Waals surface area contributed by atoms with Gasteiger partial charge >= 0.3 is 0 Å². The molecule has 0 aliphatic heterocycles. The molecule has 0 saturated carbocycles. The highest BCUT2D eigenvalue weighted by Gasteiger charge is 2.20. The molecule has 0 atom stereocenters. The molecule has 0 unspecified atom stereocenters. The maximum Gasteiger partial charge on any atom is 0.225 e. The fourth-order valence-corrected chi connectivity index (χ4v) is 3.39. The largest absolute Gasteiger partial charge is 0.491 e. The number of amides is 1. The lowest BCUT2D eigenvalue weighted by Crippen LogP contribution is -2.35. The summed E-state index contributed by atoms with van der Waals surface area (Å²) in [6.45, 7) is 11.9. The van der Waals surface area contributed by atoms with E-state index in [1.54, 1.807) is 0 Å². The highest BCUT2D eigenvalue weighted by atomic mass is 16.5. The molecule has 1 heterocycles. The number of nitrogens with one attached hydrogen (secondary N) is 1. The lowest BCUT2D eigenvalue weighted by atomic mass is 9.96. The van der Waals surface area contributed by atoms with Gasteiger partial charge in [-0.3, -0.25) is 4.79 Å². The van der Waals surface area contributed by atoms with E-state index in [9.17, 15) is 4.79 Å². The van der Waals surface area contributed by atoms with Crippen LogP contribution in [0, 0.1) is 19.3 Å². The number of para-hydroxylation sites is 2. The number of fused-ring (bicyclic) bond motifs is 1. The third kappa shape index (κ3) is 5.41. The first-order chi connectivity index (χ1) is 14.3. The first-order valence-electron chi connectivity index (χ1n) is 10.7. The highest BCUT2D eigenvalue weighted by molar-refractivity contribution is 5.81. The molecule has 0 spiro atoms. The van der Waals surface area contributed by atoms with Gasteiger partial charge in [-0.15, -0.1) is 0 Å². The van der Waals surface area contributed by atoms with Crippen LogP contribution in [0.2, 0.25) is 0 Å². The quantitative estimate of drug-likeness (QED) is 0.544. The number of carbonyl (C=O) groups excluding carboxylic acids is 1. The Morgan fingerprint density at radius 1 is 1.13 bits per heavy atom. The summed E-state index contributed by atoms with van der Waals surface area (Å²) >= 11 is 0. The second-order valence-electron chi connectivity index (χ2n) is 8.90. The van der Waals surface area contributed by atoms with Crippen LogP contribution in [0.15, 0.2) is 42.5 Å². The number of nitrogens with zero attached hydrogens (tertiary/aromatic N) is 2. The van der Waals surface area contributed by atoms with Gasteiger partial charge in [0, 0.05) is 18.4 Å². The van der Waals surface area contributed by atoms with Crippen LogP contribution in [-0.4, -0.2) is 28.6 Å². The van der Waals surface area contributed by atoms with Crippen LogP contribution in [0.4, 0.5) is 0 Å². The topological polar surface area (TPSA) is 56.1 Å². The molecule has 30 heavy (non-hydrogen) atoms. The maximum atomic E-state index is 12.1. The highest BCUT2D eigenvalue weighted by Crippen LogP contribution is 2.21. The molecule has 5 heteroatoms. The number of benzene rings is 2. The summed E-state index contributed by atoms with van der Waals surface area (Å²) in [6, 6.07) is 14.5. The Bertz CT molecular complexity index is 1010. The van der Waals surface area contributed by atoms with E-state index in [0.29, 0.717) is 13.2 Å². The number of hydrogen-bond donors (Lipinski definition) is 1. The van der Waals surface area contributed by atoms with Crippen LogP contribution >= 0.6 is 0 Å². The van der Waals surface area contributed by atoms with Crippen molar-refractivity contribution in [1.29, 1.82) is 0 Å². The second-order valence-corrected chi connectivity index (χ2v) is 8.90. The van der Waals surface area contributed by atoms with Crippen molar-refractivity contribution in [1.82, 2.24) is 14.9 Å². The van der Waals surface area contributed by atoms with Crippen LogP contribution in [0.3, 0.4) is 0 Å². The maximum absolute atomic E-state index is 12.1. The number of carbonyl (C=O) groups is 1. The van der Waals surface area contributed by atoms with Gasteiger partial charge in [0.1, 0.15) is 18.2 Å². The number of aryl methyl sites for hydroxylation is 3. The van der Waals surface area contributed by atoms with Crippen molar-refractivity contribution in [2.75, 3.05) is 13.2 Å². The second kappa shape index (κ2) is 9.33. The molecule has 0 radical (unpaired) electrons. The number of rotatable bonds is 8. The van der Waals surface area contributed by atoms with Crippen molar-refractivity contribution in [2.45, 2.75) is 54.0 Å². The van der Waals surface area contributed by atoms with E-state index >= 15 is 0 Å². The fourth-order valence-electron chi connectivity index (χ4n) is 3.39. The summed E-state index contributed by atoms with van der Waals surface area (Å²) in [5.74, 6) is 2.05. The minimum Gasteiger partial charge on any atom is -0.491 e. The molecule has 1 amide bonds. The average molecular weight is 408 g/mol. The van der Waals surface area contributed by atoms with Crippen molar-refractivity contribution in [3.8, 4) is 5.75 Å². The van der Waals surface area contributed by atoms with Crippen molar-refractivity contribution >= 4 is 16.9 Å². The normalized spacial score (nSPS) is 11.6. The fraction of sp³-hybridized carbons (Fsp3) is 0.440. The van der Waals surface area contributed by atoms with Crippen LogP contribution in [-0.2, 0) is 17.8 Å². The Balaban J connectivity index is 1.66. The summed E-state index contributed by atoms with van der Waals surface area (Å²) in [4.78, 5) is 16.9. The SMILES string of the molecule is Cc1ccc(C)c(OCCn2c(CCCNC(=O)C(C)(C)C)nc3ccccc32)c1. The minimum atomic E-state index is -0.363.